The van der Waals surface area contributed by atoms with Crippen LogP contribution >= 0.6 is 0 Å². The number of amidine groups is 1. The van der Waals surface area contributed by atoms with Gasteiger partial charge in [0.05, 0.1) is 35.2 Å². The van der Waals surface area contributed by atoms with Crippen molar-refractivity contribution in [3.05, 3.63) is 70.8 Å². The third-order valence-corrected chi connectivity index (χ3v) is 6.44. The first-order valence-electron chi connectivity index (χ1n) is 11.3. The highest BCUT2D eigenvalue weighted by atomic mass is 19.4. The molecule has 0 radical (unpaired) electrons. The van der Waals surface area contributed by atoms with E-state index >= 15 is 0 Å². The standard InChI is InChI=1S/C25H29F6N3O/c1-16(18-11-20(24(26,27)28)13-21(12-18)25(29,30)31)35-15-23(19-7-3-2-4-8-19)9-5-6-17(14-34-23)10-22(32)33/h2-4,7-8,11-13,16-17,34H,5-6,9-10,14-15H2,1H3,(H3,32,33)/t16-,17?,23-/m1/s1. The summed E-state index contributed by atoms with van der Waals surface area (Å²) in [7, 11) is 0. The molecule has 35 heavy (non-hydrogen) atoms. The van der Waals surface area contributed by atoms with Crippen LogP contribution in [0.15, 0.2) is 48.5 Å². The largest absolute Gasteiger partial charge is 0.416 e. The molecule has 3 rings (SSSR count). The molecule has 0 bridgehead atoms. The number of hydrogen-bond donors (Lipinski definition) is 3. The normalized spacial score (nSPS) is 22.4. The van der Waals surface area contributed by atoms with Gasteiger partial charge < -0.3 is 15.8 Å². The fourth-order valence-corrected chi connectivity index (χ4v) is 4.50. The maximum atomic E-state index is 13.3. The predicted molar refractivity (Wildman–Crippen MR) is 121 cm³/mol. The molecule has 1 fully saturated rings. The van der Waals surface area contributed by atoms with Crippen molar-refractivity contribution in [2.24, 2.45) is 11.7 Å². The van der Waals surface area contributed by atoms with Crippen LogP contribution in [-0.2, 0) is 22.6 Å². The molecule has 4 N–H and O–H groups in total. The molecule has 1 saturated heterocycles. The number of hydrogen-bond acceptors (Lipinski definition) is 3. The van der Waals surface area contributed by atoms with E-state index in [4.69, 9.17) is 15.9 Å². The van der Waals surface area contributed by atoms with Crippen molar-refractivity contribution in [1.29, 1.82) is 5.41 Å². The number of nitrogens with two attached hydrogens (primary N) is 1. The van der Waals surface area contributed by atoms with Gasteiger partial charge in [-0.3, -0.25) is 5.41 Å². The molecule has 0 saturated carbocycles. The van der Waals surface area contributed by atoms with Crippen LogP contribution in [0.4, 0.5) is 26.3 Å². The van der Waals surface area contributed by atoms with E-state index in [1.54, 1.807) is 0 Å². The number of benzene rings is 2. The molecule has 0 spiro atoms. The van der Waals surface area contributed by atoms with E-state index in [0.717, 1.165) is 18.4 Å². The van der Waals surface area contributed by atoms with Gasteiger partial charge in [0, 0.05) is 6.42 Å². The maximum absolute atomic E-state index is 13.3. The Balaban J connectivity index is 1.87. The molecule has 1 unspecified atom stereocenters. The van der Waals surface area contributed by atoms with Crippen molar-refractivity contribution in [1.82, 2.24) is 5.32 Å². The number of ether oxygens (including phenoxy) is 1. The van der Waals surface area contributed by atoms with Crippen LogP contribution in [0.1, 0.15) is 61.0 Å². The summed E-state index contributed by atoms with van der Waals surface area (Å²) in [5.74, 6) is 0.243. The summed E-state index contributed by atoms with van der Waals surface area (Å²) in [6.07, 6.45) is -8.14. The average Bonchev–Trinajstić information content (AvgIpc) is 2.99. The molecule has 0 aromatic heterocycles. The van der Waals surface area contributed by atoms with Gasteiger partial charge in [-0.15, -0.1) is 0 Å². The molecule has 10 heteroatoms. The SMILES string of the molecule is C[C@@H](OC[C@@]1(c2ccccc2)CCCC(CC(=N)N)CN1)c1cc(C(F)(F)F)cc(C(F)(F)F)c1. The van der Waals surface area contributed by atoms with Gasteiger partial charge in [-0.05, 0) is 61.6 Å². The summed E-state index contributed by atoms with van der Waals surface area (Å²) in [4.78, 5) is 0. The van der Waals surface area contributed by atoms with Crippen molar-refractivity contribution in [3.63, 3.8) is 0 Å². The second-order valence-electron chi connectivity index (χ2n) is 9.11. The predicted octanol–water partition coefficient (Wildman–Crippen LogP) is 6.41. The Bertz CT molecular complexity index is 976. The summed E-state index contributed by atoms with van der Waals surface area (Å²) in [5, 5.41) is 11.1. The van der Waals surface area contributed by atoms with Gasteiger partial charge in [0.1, 0.15) is 0 Å². The van der Waals surface area contributed by atoms with Crippen LogP contribution < -0.4 is 11.1 Å². The summed E-state index contributed by atoms with van der Waals surface area (Å²) >= 11 is 0. The lowest BCUT2D eigenvalue weighted by Crippen LogP contribution is -2.47. The maximum Gasteiger partial charge on any atom is 0.416 e. The van der Waals surface area contributed by atoms with Gasteiger partial charge in [0.2, 0.25) is 0 Å². The minimum Gasteiger partial charge on any atom is -0.388 e. The first-order valence-corrected chi connectivity index (χ1v) is 11.3. The molecule has 3 atom stereocenters. The zero-order valence-electron chi connectivity index (χ0n) is 19.3. The number of alkyl halides is 6. The molecule has 192 valence electrons. The second-order valence-corrected chi connectivity index (χ2v) is 9.11. The number of nitrogens with one attached hydrogen (secondary N) is 2. The smallest absolute Gasteiger partial charge is 0.388 e. The molecule has 1 aliphatic heterocycles. The van der Waals surface area contributed by atoms with Gasteiger partial charge in [-0.1, -0.05) is 36.8 Å². The quantitative estimate of drug-likeness (QED) is 0.233. The molecule has 1 heterocycles. The Morgan fingerprint density at radius 2 is 1.69 bits per heavy atom. The number of rotatable bonds is 7. The van der Waals surface area contributed by atoms with E-state index in [9.17, 15) is 26.3 Å². The van der Waals surface area contributed by atoms with E-state index in [0.29, 0.717) is 31.5 Å². The molecule has 2 aromatic carbocycles. The van der Waals surface area contributed by atoms with E-state index in [1.807, 2.05) is 30.3 Å². The summed E-state index contributed by atoms with van der Waals surface area (Å²) in [6.45, 7) is 2.04. The van der Waals surface area contributed by atoms with Gasteiger partial charge in [-0.2, -0.15) is 26.3 Å². The lowest BCUT2D eigenvalue weighted by atomic mass is 9.86. The Hall–Kier alpha value is -2.59. The fourth-order valence-electron chi connectivity index (χ4n) is 4.50. The molecular weight excluding hydrogens is 472 g/mol. The monoisotopic (exact) mass is 501 g/mol. The Kier molecular flexibility index (Phi) is 8.16. The summed E-state index contributed by atoms with van der Waals surface area (Å²) in [6, 6.07) is 10.9. The first-order chi connectivity index (χ1) is 16.3. The molecule has 4 nitrogen and oxygen atoms in total. The van der Waals surface area contributed by atoms with Crippen LogP contribution in [0, 0.1) is 11.3 Å². The molecule has 0 aliphatic carbocycles. The van der Waals surface area contributed by atoms with Crippen molar-refractivity contribution >= 4 is 5.84 Å². The third kappa shape index (κ3) is 6.98. The van der Waals surface area contributed by atoms with Crippen molar-refractivity contribution in [2.45, 2.75) is 56.6 Å². The van der Waals surface area contributed by atoms with Crippen LogP contribution in [0.3, 0.4) is 0 Å². The van der Waals surface area contributed by atoms with Crippen molar-refractivity contribution < 1.29 is 31.1 Å². The average molecular weight is 502 g/mol. The van der Waals surface area contributed by atoms with Gasteiger partial charge in [0.15, 0.2) is 0 Å². The third-order valence-electron chi connectivity index (χ3n) is 6.44. The van der Waals surface area contributed by atoms with Crippen LogP contribution in [-0.4, -0.2) is 19.0 Å². The highest BCUT2D eigenvalue weighted by Gasteiger charge is 2.39. The Labute approximate surface area is 200 Å². The Morgan fingerprint density at radius 1 is 1.09 bits per heavy atom. The second kappa shape index (κ2) is 10.6. The number of halogens is 6. The highest BCUT2D eigenvalue weighted by Crippen LogP contribution is 2.39. The van der Waals surface area contributed by atoms with Crippen molar-refractivity contribution in [3.8, 4) is 0 Å². The molecule has 2 aromatic rings. The topological polar surface area (TPSA) is 71.1 Å². The summed E-state index contributed by atoms with van der Waals surface area (Å²) < 4.78 is 85.7. The lowest BCUT2D eigenvalue weighted by Gasteiger charge is -2.36. The first kappa shape index (κ1) is 27.0. The van der Waals surface area contributed by atoms with Gasteiger partial charge in [-0.25, -0.2) is 0 Å². The minimum atomic E-state index is -4.92. The molecule has 1 aliphatic rings. The van der Waals surface area contributed by atoms with Crippen LogP contribution in [0.25, 0.3) is 0 Å². The van der Waals surface area contributed by atoms with Gasteiger partial charge >= 0.3 is 12.4 Å². The van der Waals surface area contributed by atoms with Crippen LogP contribution in [0.5, 0.6) is 0 Å². The fraction of sp³-hybridized carbons (Fsp3) is 0.480. The van der Waals surface area contributed by atoms with Crippen LogP contribution in [0.2, 0.25) is 0 Å². The zero-order valence-corrected chi connectivity index (χ0v) is 19.3. The van der Waals surface area contributed by atoms with E-state index < -0.39 is 35.1 Å². The Morgan fingerprint density at radius 3 is 2.23 bits per heavy atom. The summed E-state index contributed by atoms with van der Waals surface area (Å²) in [5.41, 5.74) is 2.87. The van der Waals surface area contributed by atoms with E-state index in [2.05, 4.69) is 5.32 Å². The van der Waals surface area contributed by atoms with Gasteiger partial charge in [0.25, 0.3) is 0 Å². The lowest BCUT2D eigenvalue weighted by molar-refractivity contribution is -0.143. The van der Waals surface area contributed by atoms with E-state index in [1.165, 1.54) is 6.92 Å². The highest BCUT2D eigenvalue weighted by molar-refractivity contribution is 5.77. The minimum absolute atomic E-state index is 0.0442. The molecule has 0 amide bonds. The zero-order chi connectivity index (χ0) is 25.9. The molecular formula is C25H29F6N3O. The van der Waals surface area contributed by atoms with Crippen molar-refractivity contribution in [2.75, 3.05) is 13.2 Å². The van der Waals surface area contributed by atoms with E-state index in [-0.39, 0.29) is 30.0 Å².